The van der Waals surface area contributed by atoms with Crippen LogP contribution in [0.25, 0.3) is 0 Å². The molecular formula is C77H134O6. The van der Waals surface area contributed by atoms with Crippen LogP contribution in [0.1, 0.15) is 355 Å². The molecule has 0 saturated carbocycles. The Labute approximate surface area is 515 Å². The lowest BCUT2D eigenvalue weighted by atomic mass is 10.0. The van der Waals surface area contributed by atoms with Gasteiger partial charge < -0.3 is 14.2 Å². The minimum Gasteiger partial charge on any atom is -0.462 e. The zero-order chi connectivity index (χ0) is 59.9. The fourth-order valence-electron chi connectivity index (χ4n) is 10.3. The lowest BCUT2D eigenvalue weighted by Gasteiger charge is -2.18. The van der Waals surface area contributed by atoms with E-state index in [1.807, 2.05) is 0 Å². The molecule has 0 saturated heterocycles. The van der Waals surface area contributed by atoms with Crippen molar-refractivity contribution in [3.63, 3.8) is 0 Å². The average Bonchev–Trinajstić information content (AvgIpc) is 3.49. The molecule has 478 valence electrons. The van der Waals surface area contributed by atoms with E-state index >= 15 is 0 Å². The molecule has 0 aromatic rings. The lowest BCUT2D eigenvalue weighted by Crippen LogP contribution is -2.30. The molecule has 0 aliphatic carbocycles. The largest absolute Gasteiger partial charge is 0.462 e. The number of unbranched alkanes of at least 4 members (excludes halogenated alkanes) is 38. The van der Waals surface area contributed by atoms with Crippen LogP contribution >= 0.6 is 0 Å². The van der Waals surface area contributed by atoms with E-state index in [1.54, 1.807) is 0 Å². The number of hydrogen-bond acceptors (Lipinski definition) is 6. The minimum absolute atomic E-state index is 0.0824. The van der Waals surface area contributed by atoms with Gasteiger partial charge in [0.25, 0.3) is 0 Å². The second kappa shape index (κ2) is 70.8. The summed E-state index contributed by atoms with van der Waals surface area (Å²) in [5.41, 5.74) is 0. The predicted molar refractivity (Wildman–Crippen MR) is 362 cm³/mol. The van der Waals surface area contributed by atoms with E-state index < -0.39 is 6.10 Å². The highest BCUT2D eigenvalue weighted by molar-refractivity contribution is 5.71. The summed E-state index contributed by atoms with van der Waals surface area (Å²) >= 11 is 0. The minimum atomic E-state index is -0.789. The summed E-state index contributed by atoms with van der Waals surface area (Å²) in [6.07, 6.45) is 95.8. The first-order chi connectivity index (χ1) is 41.0. The van der Waals surface area contributed by atoms with Crippen LogP contribution in [0.3, 0.4) is 0 Å². The van der Waals surface area contributed by atoms with E-state index in [2.05, 4.69) is 118 Å². The SMILES string of the molecule is CC/C=C\C/C=C\C/C=C\C/C=C\CCCCCCCCCCCCCCCCCCCCC(=O)OCC(COC(=O)CCCCCCCCCCCCCCCCCCC)OC(=O)CCCCCC/C=C\C/C=C\C/C=C\C/C=C\CC. The third kappa shape index (κ3) is 69.0. The molecule has 0 amide bonds. The van der Waals surface area contributed by atoms with E-state index in [1.165, 1.54) is 193 Å². The maximum atomic E-state index is 12.9. The molecule has 1 atom stereocenters. The van der Waals surface area contributed by atoms with Crippen LogP contribution in [0.5, 0.6) is 0 Å². The third-order valence-electron chi connectivity index (χ3n) is 15.6. The number of ether oxygens (including phenoxy) is 3. The summed E-state index contributed by atoms with van der Waals surface area (Å²) in [5, 5.41) is 0. The Hall–Kier alpha value is -3.67. The zero-order valence-corrected chi connectivity index (χ0v) is 54.9. The van der Waals surface area contributed by atoms with Crippen molar-refractivity contribution in [1.29, 1.82) is 0 Å². The average molecular weight is 1160 g/mol. The number of hydrogen-bond donors (Lipinski definition) is 0. The second-order valence-corrected chi connectivity index (χ2v) is 23.7. The van der Waals surface area contributed by atoms with E-state index in [0.717, 1.165) is 122 Å². The molecule has 1 unspecified atom stereocenters. The molecule has 0 spiro atoms. The smallest absolute Gasteiger partial charge is 0.306 e. The molecule has 0 aliphatic rings. The Bertz CT molecular complexity index is 1610. The van der Waals surface area contributed by atoms with Gasteiger partial charge in [-0.05, 0) is 96.3 Å². The first-order valence-electron chi connectivity index (χ1n) is 35.7. The Morgan fingerprint density at radius 1 is 0.253 bits per heavy atom. The molecule has 0 N–H and O–H groups in total. The Morgan fingerprint density at radius 3 is 0.735 bits per heavy atom. The van der Waals surface area contributed by atoms with Crippen LogP contribution in [-0.2, 0) is 28.6 Å². The fourth-order valence-corrected chi connectivity index (χ4v) is 10.3. The van der Waals surface area contributed by atoms with Gasteiger partial charge in [-0.2, -0.15) is 0 Å². The quantitative estimate of drug-likeness (QED) is 0.0261. The molecule has 0 bridgehead atoms. The molecule has 83 heavy (non-hydrogen) atoms. The summed E-state index contributed by atoms with van der Waals surface area (Å²) < 4.78 is 17.0. The molecular weight excluding hydrogens is 1020 g/mol. The van der Waals surface area contributed by atoms with Gasteiger partial charge >= 0.3 is 17.9 Å². The summed E-state index contributed by atoms with van der Waals surface area (Å²) in [6.45, 7) is 6.45. The number of carbonyl (C=O) groups excluding carboxylic acids is 3. The first-order valence-corrected chi connectivity index (χ1v) is 35.7. The highest BCUT2D eigenvalue weighted by atomic mass is 16.6. The van der Waals surface area contributed by atoms with Crippen LogP contribution in [-0.4, -0.2) is 37.2 Å². The van der Waals surface area contributed by atoms with Gasteiger partial charge in [0.05, 0.1) is 0 Å². The Morgan fingerprint density at radius 2 is 0.470 bits per heavy atom. The van der Waals surface area contributed by atoms with Crippen molar-refractivity contribution in [3.8, 4) is 0 Å². The van der Waals surface area contributed by atoms with Gasteiger partial charge in [0.1, 0.15) is 13.2 Å². The summed E-state index contributed by atoms with van der Waals surface area (Å²) in [4.78, 5) is 38.5. The number of rotatable bonds is 65. The van der Waals surface area contributed by atoms with Gasteiger partial charge in [0.2, 0.25) is 0 Å². The summed E-state index contributed by atoms with van der Waals surface area (Å²) in [6, 6.07) is 0. The summed E-state index contributed by atoms with van der Waals surface area (Å²) in [5.74, 6) is -0.886. The van der Waals surface area contributed by atoms with Crippen molar-refractivity contribution in [2.24, 2.45) is 0 Å². The van der Waals surface area contributed by atoms with E-state index in [4.69, 9.17) is 14.2 Å². The van der Waals surface area contributed by atoms with Gasteiger partial charge in [-0.15, -0.1) is 0 Å². The molecule has 0 radical (unpaired) electrons. The standard InChI is InChI=1S/C77H134O6/c1-4-7-10-13-16-19-22-25-28-31-32-33-34-35-36-37-38-39-40-41-42-43-44-47-49-52-55-58-61-64-67-70-76(79)82-73-74(83-77(80)71-68-65-62-59-56-53-50-46-30-27-24-21-18-15-12-9-6-3)72-81-75(78)69-66-63-60-57-54-51-48-45-29-26-23-20-17-14-11-8-5-2/h7,9-10,12,16,18-19,21,25,27-28,30,32-33,50,53,74H,4-6,8,11,13-15,17,20,22-24,26,29,31,34-49,51-52,54-73H2,1-3H3/b10-7-,12-9-,19-16-,21-18-,28-25-,30-27-,33-32-,53-50-. The van der Waals surface area contributed by atoms with E-state index in [0.29, 0.717) is 19.3 Å². The fraction of sp³-hybridized carbons (Fsp3) is 0.753. The van der Waals surface area contributed by atoms with Crippen molar-refractivity contribution < 1.29 is 28.6 Å². The second-order valence-electron chi connectivity index (χ2n) is 23.7. The molecule has 0 aliphatic heterocycles. The van der Waals surface area contributed by atoms with Crippen molar-refractivity contribution in [2.45, 2.75) is 361 Å². The Balaban J connectivity index is 4.25. The van der Waals surface area contributed by atoms with Gasteiger partial charge in [0.15, 0.2) is 6.10 Å². The van der Waals surface area contributed by atoms with E-state index in [9.17, 15) is 14.4 Å². The van der Waals surface area contributed by atoms with Crippen molar-refractivity contribution >= 4 is 17.9 Å². The maximum Gasteiger partial charge on any atom is 0.306 e. The molecule has 0 aromatic heterocycles. The van der Waals surface area contributed by atoms with Crippen LogP contribution in [0.15, 0.2) is 97.2 Å². The number of allylic oxidation sites excluding steroid dienone is 16. The highest BCUT2D eigenvalue weighted by Crippen LogP contribution is 2.18. The highest BCUT2D eigenvalue weighted by Gasteiger charge is 2.19. The number of carbonyl (C=O) groups is 3. The number of esters is 3. The van der Waals surface area contributed by atoms with Crippen molar-refractivity contribution in [3.05, 3.63) is 97.2 Å². The maximum absolute atomic E-state index is 12.9. The van der Waals surface area contributed by atoms with Crippen LogP contribution in [0.2, 0.25) is 0 Å². The molecule has 0 aromatic carbocycles. The summed E-state index contributed by atoms with van der Waals surface area (Å²) in [7, 11) is 0. The van der Waals surface area contributed by atoms with Crippen LogP contribution in [0.4, 0.5) is 0 Å². The predicted octanol–water partition coefficient (Wildman–Crippen LogP) is 24.8. The molecule has 6 nitrogen and oxygen atoms in total. The lowest BCUT2D eigenvalue weighted by molar-refractivity contribution is -0.167. The van der Waals surface area contributed by atoms with Crippen molar-refractivity contribution in [2.75, 3.05) is 13.2 Å². The van der Waals surface area contributed by atoms with Gasteiger partial charge in [-0.3, -0.25) is 14.4 Å². The molecule has 0 heterocycles. The molecule has 0 rings (SSSR count). The van der Waals surface area contributed by atoms with Gasteiger partial charge in [0, 0.05) is 19.3 Å². The normalized spacial score (nSPS) is 12.7. The van der Waals surface area contributed by atoms with E-state index in [-0.39, 0.29) is 31.1 Å². The topological polar surface area (TPSA) is 78.9 Å². The monoisotopic (exact) mass is 1160 g/mol. The Kier molecular flexibility index (Phi) is 67.7. The molecule has 6 heteroatoms. The van der Waals surface area contributed by atoms with Gasteiger partial charge in [-0.1, -0.05) is 336 Å². The molecule has 0 fully saturated rings. The van der Waals surface area contributed by atoms with Gasteiger partial charge in [-0.25, -0.2) is 0 Å². The van der Waals surface area contributed by atoms with Crippen LogP contribution in [0, 0.1) is 0 Å². The zero-order valence-electron chi connectivity index (χ0n) is 54.9. The first kappa shape index (κ1) is 79.3. The third-order valence-corrected chi connectivity index (χ3v) is 15.6. The van der Waals surface area contributed by atoms with Crippen molar-refractivity contribution in [1.82, 2.24) is 0 Å². The van der Waals surface area contributed by atoms with Crippen LogP contribution < -0.4 is 0 Å².